The van der Waals surface area contributed by atoms with E-state index in [0.717, 1.165) is 10.9 Å². The van der Waals surface area contributed by atoms with Crippen molar-refractivity contribution in [1.29, 1.82) is 0 Å². The van der Waals surface area contributed by atoms with Crippen LogP contribution in [0.2, 0.25) is 10.0 Å². The molecule has 0 bridgehead atoms. The molecule has 0 spiro atoms. The van der Waals surface area contributed by atoms with Crippen molar-refractivity contribution in [2.75, 3.05) is 7.11 Å². The lowest BCUT2D eigenvalue weighted by molar-refractivity contribution is 0.414. The van der Waals surface area contributed by atoms with Gasteiger partial charge in [0.05, 0.1) is 21.7 Å². The highest BCUT2D eigenvalue weighted by molar-refractivity contribution is 7.71. The molecular weight excluding hydrogens is 327 g/mol. The lowest BCUT2D eigenvalue weighted by atomic mass is 10.1. The van der Waals surface area contributed by atoms with Crippen LogP contribution in [0, 0.1) is 4.51 Å². The Bertz CT molecular complexity index is 887. The van der Waals surface area contributed by atoms with Gasteiger partial charge < -0.3 is 9.15 Å². The summed E-state index contributed by atoms with van der Waals surface area (Å²) in [6.07, 6.45) is 0. The first-order chi connectivity index (χ1) is 10.1. The summed E-state index contributed by atoms with van der Waals surface area (Å²) in [6.45, 7) is 0. The van der Waals surface area contributed by atoms with Crippen LogP contribution in [0.15, 0.2) is 46.9 Å². The highest BCUT2D eigenvalue weighted by Gasteiger charge is 2.08. The maximum Gasteiger partial charge on any atom is 0.139 e. The molecule has 0 saturated carbocycles. The fraction of sp³-hybridized carbons (Fsp3) is 0.0625. The molecule has 0 aliphatic heterocycles. The molecule has 0 atom stereocenters. The fourth-order valence-corrected chi connectivity index (χ4v) is 2.63. The molecule has 0 unspecified atom stereocenters. The van der Waals surface area contributed by atoms with Gasteiger partial charge in [0.2, 0.25) is 0 Å². The Labute approximate surface area is 136 Å². The number of ether oxygens (including phenoxy) is 1. The molecular formula is C16H10Cl2O2S. The highest BCUT2D eigenvalue weighted by atomic mass is 35.5. The smallest absolute Gasteiger partial charge is 0.139 e. The molecule has 106 valence electrons. The molecule has 0 aliphatic rings. The van der Waals surface area contributed by atoms with Crippen LogP contribution in [-0.4, -0.2) is 7.11 Å². The first-order valence-corrected chi connectivity index (χ1v) is 7.32. The molecule has 3 rings (SSSR count). The van der Waals surface area contributed by atoms with E-state index in [1.807, 2.05) is 30.3 Å². The van der Waals surface area contributed by atoms with Crippen LogP contribution in [0.4, 0.5) is 0 Å². The van der Waals surface area contributed by atoms with Crippen molar-refractivity contribution < 1.29 is 9.15 Å². The van der Waals surface area contributed by atoms with Crippen molar-refractivity contribution in [3.63, 3.8) is 0 Å². The van der Waals surface area contributed by atoms with Gasteiger partial charge >= 0.3 is 0 Å². The summed E-state index contributed by atoms with van der Waals surface area (Å²) in [5.74, 6) is 1.35. The minimum atomic E-state index is 0.473. The van der Waals surface area contributed by atoms with Gasteiger partial charge in [-0.1, -0.05) is 35.4 Å². The zero-order chi connectivity index (χ0) is 15.0. The van der Waals surface area contributed by atoms with Gasteiger partial charge in [0, 0.05) is 23.1 Å². The Kier molecular flexibility index (Phi) is 3.89. The minimum absolute atomic E-state index is 0.473. The number of hydrogen-bond donors (Lipinski definition) is 0. The van der Waals surface area contributed by atoms with Crippen LogP contribution in [-0.2, 0) is 0 Å². The summed E-state index contributed by atoms with van der Waals surface area (Å²) in [5.41, 5.74) is 1.49. The third-order valence-corrected chi connectivity index (χ3v) is 4.22. The number of hydrogen-bond acceptors (Lipinski definition) is 3. The van der Waals surface area contributed by atoms with Crippen LogP contribution >= 0.6 is 35.4 Å². The number of benzene rings is 2. The minimum Gasteiger partial charge on any atom is -0.497 e. The Balaban J connectivity index is 2.23. The summed E-state index contributed by atoms with van der Waals surface area (Å²) < 4.78 is 11.8. The molecule has 5 heteroatoms. The topological polar surface area (TPSA) is 22.4 Å². The largest absolute Gasteiger partial charge is 0.497 e. The lowest BCUT2D eigenvalue weighted by Gasteiger charge is -2.06. The molecule has 0 fully saturated rings. The van der Waals surface area contributed by atoms with E-state index in [0.29, 0.717) is 31.6 Å². The second kappa shape index (κ2) is 5.68. The molecule has 1 aromatic heterocycles. The van der Waals surface area contributed by atoms with E-state index in [-0.39, 0.29) is 0 Å². The molecule has 2 nitrogen and oxygen atoms in total. The van der Waals surface area contributed by atoms with Gasteiger partial charge in [0.25, 0.3) is 0 Å². The summed E-state index contributed by atoms with van der Waals surface area (Å²) in [5, 5.41) is 1.84. The second-order valence-electron chi connectivity index (χ2n) is 4.47. The Morgan fingerprint density at radius 3 is 2.52 bits per heavy atom. The third kappa shape index (κ3) is 2.77. The first kappa shape index (κ1) is 14.4. The van der Waals surface area contributed by atoms with Crippen LogP contribution in [0.1, 0.15) is 0 Å². The van der Waals surface area contributed by atoms with E-state index < -0.39 is 0 Å². The van der Waals surface area contributed by atoms with Gasteiger partial charge in [0.15, 0.2) is 0 Å². The molecule has 0 saturated heterocycles. The molecule has 0 amide bonds. The maximum absolute atomic E-state index is 6.05. The van der Waals surface area contributed by atoms with Gasteiger partial charge in [-0.15, -0.1) is 0 Å². The molecule has 2 aromatic carbocycles. The van der Waals surface area contributed by atoms with Gasteiger partial charge in [-0.3, -0.25) is 0 Å². The standard InChI is InChI=1S/C16H10Cl2O2S/c1-19-10-3-4-11-15(7-10)20-14(8-16(11)21)9-2-5-12(17)13(18)6-9/h2-8H,1H3. The Morgan fingerprint density at radius 1 is 1.00 bits per heavy atom. The summed E-state index contributed by atoms with van der Waals surface area (Å²) in [4.78, 5) is 0. The monoisotopic (exact) mass is 336 g/mol. The number of halogens is 2. The second-order valence-corrected chi connectivity index (χ2v) is 5.72. The van der Waals surface area contributed by atoms with Crippen molar-refractivity contribution in [2.24, 2.45) is 0 Å². The van der Waals surface area contributed by atoms with E-state index in [9.17, 15) is 0 Å². The average Bonchev–Trinajstić information content (AvgIpc) is 2.49. The third-order valence-electron chi connectivity index (χ3n) is 3.14. The van der Waals surface area contributed by atoms with Gasteiger partial charge in [0.1, 0.15) is 17.1 Å². The zero-order valence-electron chi connectivity index (χ0n) is 11.0. The van der Waals surface area contributed by atoms with Crippen LogP contribution in [0.5, 0.6) is 5.75 Å². The number of rotatable bonds is 2. The average molecular weight is 337 g/mol. The van der Waals surface area contributed by atoms with Crippen molar-refractivity contribution in [3.8, 4) is 17.1 Å². The van der Waals surface area contributed by atoms with Gasteiger partial charge in [-0.25, -0.2) is 0 Å². The first-order valence-electron chi connectivity index (χ1n) is 6.16. The highest BCUT2D eigenvalue weighted by Crippen LogP contribution is 2.31. The van der Waals surface area contributed by atoms with Crippen molar-refractivity contribution in [1.82, 2.24) is 0 Å². The predicted molar refractivity (Wildman–Crippen MR) is 89.1 cm³/mol. The normalized spacial score (nSPS) is 10.8. The van der Waals surface area contributed by atoms with Crippen LogP contribution in [0.25, 0.3) is 22.3 Å². The molecule has 0 radical (unpaired) electrons. The van der Waals surface area contributed by atoms with Crippen LogP contribution in [0.3, 0.4) is 0 Å². The van der Waals surface area contributed by atoms with E-state index in [1.54, 1.807) is 19.2 Å². The molecule has 0 N–H and O–H groups in total. The van der Waals surface area contributed by atoms with E-state index >= 15 is 0 Å². The number of methoxy groups -OCH3 is 1. The van der Waals surface area contributed by atoms with Crippen molar-refractivity contribution in [2.45, 2.75) is 0 Å². The zero-order valence-corrected chi connectivity index (χ0v) is 13.4. The molecule has 3 aromatic rings. The van der Waals surface area contributed by atoms with E-state index in [2.05, 4.69) is 0 Å². The predicted octanol–water partition coefficient (Wildman–Crippen LogP) is 6.14. The summed E-state index contributed by atoms with van der Waals surface area (Å²) in [7, 11) is 1.61. The molecule has 21 heavy (non-hydrogen) atoms. The van der Waals surface area contributed by atoms with Crippen molar-refractivity contribution in [3.05, 3.63) is 57.0 Å². The summed E-state index contributed by atoms with van der Waals surface area (Å²) >= 11 is 17.4. The fourth-order valence-electron chi connectivity index (χ4n) is 2.05. The van der Waals surface area contributed by atoms with Crippen LogP contribution < -0.4 is 4.74 Å². The lowest BCUT2D eigenvalue weighted by Crippen LogP contribution is -1.85. The van der Waals surface area contributed by atoms with E-state index in [4.69, 9.17) is 44.6 Å². The quantitative estimate of drug-likeness (QED) is 0.524. The maximum atomic E-state index is 6.05. The molecule has 1 heterocycles. The molecule has 0 aliphatic carbocycles. The SMILES string of the molecule is COc1ccc2c(=S)cc(-c3ccc(Cl)c(Cl)c3)oc2c1. The Morgan fingerprint density at radius 2 is 1.81 bits per heavy atom. The summed E-state index contributed by atoms with van der Waals surface area (Å²) in [6, 6.07) is 12.7. The van der Waals surface area contributed by atoms with Crippen molar-refractivity contribution >= 4 is 46.4 Å². The Hall–Kier alpha value is -1.55. The number of fused-ring (bicyclic) bond motifs is 1. The van der Waals surface area contributed by atoms with E-state index in [1.165, 1.54) is 0 Å². The van der Waals surface area contributed by atoms with Gasteiger partial charge in [-0.05, 0) is 30.3 Å². The van der Waals surface area contributed by atoms with Gasteiger partial charge in [-0.2, -0.15) is 0 Å².